The first kappa shape index (κ1) is 16.4. The highest BCUT2D eigenvalue weighted by atomic mass is 32.1. The number of carbonyl (C=O) groups excluding carboxylic acids is 1. The Morgan fingerprint density at radius 3 is 2.50 bits per heavy atom. The summed E-state index contributed by atoms with van der Waals surface area (Å²) >= 11 is 1.35. The molecule has 1 aromatic carbocycles. The first-order valence-corrected chi connectivity index (χ1v) is 8.71. The van der Waals surface area contributed by atoms with Crippen molar-refractivity contribution >= 4 is 22.9 Å². The fourth-order valence-corrected chi connectivity index (χ4v) is 3.49. The highest BCUT2D eigenvalue weighted by Gasteiger charge is 2.18. The number of anilines is 1. The van der Waals surface area contributed by atoms with Crippen LogP contribution in [0.5, 0.6) is 0 Å². The van der Waals surface area contributed by atoms with Gasteiger partial charge < -0.3 is 5.32 Å². The van der Waals surface area contributed by atoms with Gasteiger partial charge in [-0.1, -0.05) is 30.4 Å². The number of nitrogens with one attached hydrogen (secondary N) is 1. The number of hydrogen-bond acceptors (Lipinski definition) is 4. The van der Waals surface area contributed by atoms with Crippen molar-refractivity contribution in [1.82, 2.24) is 14.8 Å². The predicted octanol–water partition coefficient (Wildman–Crippen LogP) is 4.07. The quantitative estimate of drug-likeness (QED) is 0.779. The molecule has 0 saturated heterocycles. The van der Waals surface area contributed by atoms with Gasteiger partial charge in [0.25, 0.3) is 5.91 Å². The van der Waals surface area contributed by atoms with E-state index < -0.39 is 0 Å². The van der Waals surface area contributed by atoms with Crippen LogP contribution in [0.3, 0.4) is 0 Å². The maximum Gasteiger partial charge on any atom is 0.267 e. The van der Waals surface area contributed by atoms with E-state index >= 15 is 0 Å². The van der Waals surface area contributed by atoms with Gasteiger partial charge in [0, 0.05) is 11.4 Å². The molecule has 0 fully saturated rings. The van der Waals surface area contributed by atoms with Gasteiger partial charge in [0.1, 0.15) is 4.88 Å². The molecular weight excluding hydrogens is 320 g/mol. The van der Waals surface area contributed by atoms with Gasteiger partial charge in [-0.15, -0.1) is 0 Å². The van der Waals surface area contributed by atoms with Crippen LogP contribution in [0.2, 0.25) is 0 Å². The lowest BCUT2D eigenvalue weighted by Gasteiger charge is -2.04. The molecule has 6 heteroatoms. The van der Waals surface area contributed by atoms with Crippen LogP contribution in [0, 0.1) is 20.8 Å². The minimum Gasteiger partial charge on any atom is -0.321 e. The Morgan fingerprint density at radius 1 is 1.21 bits per heavy atom. The zero-order valence-electron chi connectivity index (χ0n) is 14.3. The second-order valence-corrected chi connectivity index (χ2v) is 6.73. The molecule has 3 aromatic rings. The molecule has 1 N–H and O–H groups in total. The minimum atomic E-state index is -0.137. The third-order valence-corrected chi connectivity index (χ3v) is 4.93. The van der Waals surface area contributed by atoms with Crippen LogP contribution in [0.15, 0.2) is 30.3 Å². The van der Waals surface area contributed by atoms with Crippen molar-refractivity contribution in [2.45, 2.75) is 34.1 Å². The van der Waals surface area contributed by atoms with Crippen molar-refractivity contribution < 1.29 is 4.79 Å². The Kier molecular flexibility index (Phi) is 4.49. The molecule has 3 rings (SSSR count). The first-order chi connectivity index (χ1) is 11.5. The molecule has 0 aliphatic carbocycles. The smallest absolute Gasteiger partial charge is 0.267 e. The largest absolute Gasteiger partial charge is 0.321 e. The van der Waals surface area contributed by atoms with Crippen molar-refractivity contribution in [3.05, 3.63) is 57.9 Å². The minimum absolute atomic E-state index is 0.137. The summed E-state index contributed by atoms with van der Waals surface area (Å²) in [5.74, 6) is -0.137. The molecule has 0 bridgehead atoms. The molecule has 0 atom stereocenters. The van der Waals surface area contributed by atoms with E-state index in [0.29, 0.717) is 15.7 Å². The number of carbonyl (C=O) groups is 1. The van der Waals surface area contributed by atoms with Crippen LogP contribution in [0.1, 0.15) is 39.2 Å². The molecule has 0 unspecified atom stereocenters. The Morgan fingerprint density at radius 2 is 1.92 bits per heavy atom. The molecule has 0 aliphatic rings. The van der Waals surface area contributed by atoms with E-state index in [-0.39, 0.29) is 5.91 Å². The molecule has 0 saturated carbocycles. The summed E-state index contributed by atoms with van der Waals surface area (Å²) in [5.41, 5.74) is 4.68. The van der Waals surface area contributed by atoms with E-state index in [4.69, 9.17) is 0 Å². The maximum absolute atomic E-state index is 12.6. The highest BCUT2D eigenvalue weighted by Crippen LogP contribution is 2.24. The van der Waals surface area contributed by atoms with Gasteiger partial charge in [-0.05, 0) is 51.0 Å². The number of nitrogens with zero attached hydrogens (tertiary/aromatic N) is 3. The molecular formula is C18H20N4OS. The number of amides is 1. The monoisotopic (exact) mass is 340 g/mol. The molecule has 2 aromatic heterocycles. The van der Waals surface area contributed by atoms with E-state index in [1.165, 1.54) is 16.9 Å². The number of benzene rings is 1. The zero-order chi connectivity index (χ0) is 17.3. The van der Waals surface area contributed by atoms with Gasteiger partial charge in [-0.25, -0.2) is 9.67 Å². The van der Waals surface area contributed by atoms with Crippen LogP contribution < -0.4 is 5.32 Å². The zero-order valence-corrected chi connectivity index (χ0v) is 15.1. The summed E-state index contributed by atoms with van der Waals surface area (Å²) in [6.45, 7) is 7.87. The van der Waals surface area contributed by atoms with Crippen LogP contribution in [-0.2, 0) is 6.42 Å². The molecule has 0 aliphatic heterocycles. The molecule has 24 heavy (non-hydrogen) atoms. The van der Waals surface area contributed by atoms with Gasteiger partial charge in [0.05, 0.1) is 11.4 Å². The Bertz CT molecular complexity index is 877. The van der Waals surface area contributed by atoms with Crippen LogP contribution in [0.25, 0.3) is 5.13 Å². The standard InChI is InChI=1S/C18H20N4OS/c1-5-14-6-8-15(9-7-14)20-17(23)16-13(4)19-18(24-16)22-12(3)10-11(2)21-22/h6-10H,5H2,1-4H3,(H,20,23). The molecule has 1 amide bonds. The number of rotatable bonds is 4. The van der Waals surface area contributed by atoms with E-state index in [1.807, 2.05) is 51.1 Å². The summed E-state index contributed by atoms with van der Waals surface area (Å²) in [7, 11) is 0. The highest BCUT2D eigenvalue weighted by molar-refractivity contribution is 7.16. The van der Waals surface area contributed by atoms with Gasteiger partial charge >= 0.3 is 0 Å². The summed E-state index contributed by atoms with van der Waals surface area (Å²) in [4.78, 5) is 17.7. The van der Waals surface area contributed by atoms with Gasteiger partial charge in [-0.2, -0.15) is 5.10 Å². The van der Waals surface area contributed by atoms with Gasteiger partial charge in [0.15, 0.2) is 0 Å². The summed E-state index contributed by atoms with van der Waals surface area (Å²) < 4.78 is 1.78. The van der Waals surface area contributed by atoms with Crippen molar-refractivity contribution in [3.8, 4) is 5.13 Å². The second kappa shape index (κ2) is 6.57. The maximum atomic E-state index is 12.6. The molecule has 0 spiro atoms. The van der Waals surface area contributed by atoms with E-state index in [1.54, 1.807) is 4.68 Å². The van der Waals surface area contributed by atoms with Crippen LogP contribution >= 0.6 is 11.3 Å². The van der Waals surface area contributed by atoms with Crippen molar-refractivity contribution in [3.63, 3.8) is 0 Å². The van der Waals surface area contributed by atoms with Crippen LogP contribution in [-0.4, -0.2) is 20.7 Å². The second-order valence-electron chi connectivity index (χ2n) is 5.75. The van der Waals surface area contributed by atoms with Crippen LogP contribution in [0.4, 0.5) is 5.69 Å². The topological polar surface area (TPSA) is 59.8 Å². The number of hydrogen-bond donors (Lipinski definition) is 1. The normalized spacial score (nSPS) is 10.8. The molecule has 124 valence electrons. The lowest BCUT2D eigenvalue weighted by Crippen LogP contribution is -2.11. The summed E-state index contributed by atoms with van der Waals surface area (Å²) in [6.07, 6.45) is 0.980. The lowest BCUT2D eigenvalue weighted by molar-refractivity contribution is 0.103. The van der Waals surface area contributed by atoms with Crippen molar-refractivity contribution in [1.29, 1.82) is 0 Å². The summed E-state index contributed by atoms with van der Waals surface area (Å²) in [5, 5.41) is 8.08. The molecule has 5 nitrogen and oxygen atoms in total. The van der Waals surface area contributed by atoms with Gasteiger partial charge in [0.2, 0.25) is 5.13 Å². The third kappa shape index (κ3) is 3.23. The number of thiazole rings is 1. The Balaban J connectivity index is 1.83. The number of aryl methyl sites for hydroxylation is 4. The summed E-state index contributed by atoms with van der Waals surface area (Å²) in [6, 6.07) is 9.89. The van der Waals surface area contributed by atoms with E-state index in [0.717, 1.165) is 23.5 Å². The van der Waals surface area contributed by atoms with E-state index in [2.05, 4.69) is 22.3 Å². The fourth-order valence-electron chi connectivity index (χ4n) is 2.52. The fraction of sp³-hybridized carbons (Fsp3) is 0.278. The van der Waals surface area contributed by atoms with Crippen molar-refractivity contribution in [2.75, 3.05) is 5.32 Å². The Labute approximate surface area is 145 Å². The lowest BCUT2D eigenvalue weighted by atomic mass is 10.1. The van der Waals surface area contributed by atoms with E-state index in [9.17, 15) is 4.79 Å². The van der Waals surface area contributed by atoms with Crippen molar-refractivity contribution in [2.24, 2.45) is 0 Å². The predicted molar refractivity (Wildman–Crippen MR) is 97.2 cm³/mol. The molecule has 2 heterocycles. The third-order valence-electron chi connectivity index (χ3n) is 3.80. The SMILES string of the molecule is CCc1ccc(NC(=O)c2sc(-n3nc(C)cc3C)nc2C)cc1. The van der Waals surface area contributed by atoms with Gasteiger partial charge in [-0.3, -0.25) is 4.79 Å². The average molecular weight is 340 g/mol. The first-order valence-electron chi connectivity index (χ1n) is 7.89. The number of aromatic nitrogens is 3. The molecule has 0 radical (unpaired) electrons. The Hall–Kier alpha value is -2.47. The average Bonchev–Trinajstić information content (AvgIpc) is 3.10.